The van der Waals surface area contributed by atoms with Crippen molar-refractivity contribution in [2.75, 3.05) is 20.3 Å². The maximum Gasteiger partial charge on any atom is 0.0669 e. The summed E-state index contributed by atoms with van der Waals surface area (Å²) in [4.78, 5) is 0. The van der Waals surface area contributed by atoms with Gasteiger partial charge in [-0.1, -0.05) is 20.8 Å². The standard InChI is InChI=1S/C13H25N3O/c1-5-12-11(10-14-7-3)13(6-2)16(15-12)8-9-17-4/h14H,5-10H2,1-4H3. The van der Waals surface area contributed by atoms with Gasteiger partial charge in [-0.15, -0.1) is 0 Å². The quantitative estimate of drug-likeness (QED) is 0.751. The van der Waals surface area contributed by atoms with Crippen LogP contribution in [0.5, 0.6) is 0 Å². The SMILES string of the molecule is CCNCc1c(CC)nn(CCOC)c1CC. The van der Waals surface area contributed by atoms with Gasteiger partial charge in [-0.3, -0.25) is 4.68 Å². The first-order valence-electron chi connectivity index (χ1n) is 6.55. The minimum Gasteiger partial charge on any atom is -0.383 e. The average molecular weight is 239 g/mol. The van der Waals surface area contributed by atoms with Crippen molar-refractivity contribution in [2.24, 2.45) is 0 Å². The van der Waals surface area contributed by atoms with Crippen molar-refractivity contribution in [2.45, 2.75) is 46.7 Å². The lowest BCUT2D eigenvalue weighted by Crippen LogP contribution is -2.15. The Labute approximate surface area is 104 Å². The number of hydrogen-bond donors (Lipinski definition) is 1. The normalized spacial score (nSPS) is 11.1. The zero-order chi connectivity index (χ0) is 12.7. The first-order valence-corrected chi connectivity index (χ1v) is 6.55. The van der Waals surface area contributed by atoms with Crippen molar-refractivity contribution < 1.29 is 4.74 Å². The summed E-state index contributed by atoms with van der Waals surface area (Å²) in [6.45, 7) is 9.97. The number of hydrogen-bond acceptors (Lipinski definition) is 3. The van der Waals surface area contributed by atoms with Gasteiger partial charge in [0.2, 0.25) is 0 Å². The van der Waals surface area contributed by atoms with Crippen LogP contribution in [0, 0.1) is 0 Å². The molecule has 0 radical (unpaired) electrons. The third-order valence-electron chi connectivity index (χ3n) is 2.98. The molecular weight excluding hydrogens is 214 g/mol. The Morgan fingerprint density at radius 1 is 1.24 bits per heavy atom. The van der Waals surface area contributed by atoms with Crippen molar-refractivity contribution >= 4 is 0 Å². The number of aryl methyl sites for hydroxylation is 1. The molecule has 0 atom stereocenters. The first kappa shape index (κ1) is 14.2. The van der Waals surface area contributed by atoms with Gasteiger partial charge < -0.3 is 10.1 Å². The Morgan fingerprint density at radius 3 is 2.53 bits per heavy atom. The number of methoxy groups -OCH3 is 1. The number of aromatic nitrogens is 2. The fourth-order valence-corrected chi connectivity index (χ4v) is 2.09. The third-order valence-corrected chi connectivity index (χ3v) is 2.98. The Hall–Kier alpha value is -0.870. The van der Waals surface area contributed by atoms with Gasteiger partial charge in [0.25, 0.3) is 0 Å². The lowest BCUT2D eigenvalue weighted by Gasteiger charge is -2.07. The van der Waals surface area contributed by atoms with E-state index >= 15 is 0 Å². The van der Waals surface area contributed by atoms with Crippen LogP contribution in [0.2, 0.25) is 0 Å². The molecule has 1 aromatic rings. The second-order valence-electron chi connectivity index (χ2n) is 4.08. The molecule has 0 aliphatic carbocycles. The number of rotatable bonds is 8. The summed E-state index contributed by atoms with van der Waals surface area (Å²) in [5, 5.41) is 8.09. The third kappa shape index (κ3) is 3.54. The number of ether oxygens (including phenoxy) is 1. The van der Waals surface area contributed by atoms with Crippen LogP contribution < -0.4 is 5.32 Å². The van der Waals surface area contributed by atoms with E-state index in [4.69, 9.17) is 4.74 Å². The van der Waals surface area contributed by atoms with Gasteiger partial charge in [-0.25, -0.2) is 0 Å². The molecule has 0 aliphatic rings. The van der Waals surface area contributed by atoms with E-state index in [1.54, 1.807) is 7.11 Å². The lowest BCUT2D eigenvalue weighted by atomic mass is 10.1. The molecule has 98 valence electrons. The van der Waals surface area contributed by atoms with E-state index < -0.39 is 0 Å². The zero-order valence-corrected chi connectivity index (χ0v) is 11.5. The molecule has 4 nitrogen and oxygen atoms in total. The van der Waals surface area contributed by atoms with Gasteiger partial charge in [-0.05, 0) is 19.4 Å². The highest BCUT2D eigenvalue weighted by atomic mass is 16.5. The van der Waals surface area contributed by atoms with Crippen LogP contribution in [0.3, 0.4) is 0 Å². The summed E-state index contributed by atoms with van der Waals surface area (Å²) in [6, 6.07) is 0. The molecule has 0 unspecified atom stereocenters. The molecule has 1 heterocycles. The predicted molar refractivity (Wildman–Crippen MR) is 70.2 cm³/mol. The first-order chi connectivity index (χ1) is 8.28. The van der Waals surface area contributed by atoms with Gasteiger partial charge in [0.05, 0.1) is 18.8 Å². The predicted octanol–water partition coefficient (Wildman–Crippen LogP) is 1.76. The topological polar surface area (TPSA) is 39.1 Å². The van der Waals surface area contributed by atoms with Crippen LogP contribution in [0.4, 0.5) is 0 Å². The van der Waals surface area contributed by atoms with Crippen molar-refractivity contribution in [1.82, 2.24) is 15.1 Å². The molecule has 0 aromatic carbocycles. The second kappa shape index (κ2) is 7.45. The molecular formula is C13H25N3O. The molecule has 1 aromatic heterocycles. The minimum atomic E-state index is 0.721. The fraction of sp³-hybridized carbons (Fsp3) is 0.769. The van der Waals surface area contributed by atoms with E-state index in [9.17, 15) is 0 Å². The van der Waals surface area contributed by atoms with Gasteiger partial charge in [0.1, 0.15) is 0 Å². The molecule has 0 saturated carbocycles. The Kier molecular flexibility index (Phi) is 6.22. The Bertz CT molecular complexity index is 334. The van der Waals surface area contributed by atoms with Crippen molar-refractivity contribution in [3.05, 3.63) is 17.0 Å². The van der Waals surface area contributed by atoms with Crippen molar-refractivity contribution in [3.63, 3.8) is 0 Å². The van der Waals surface area contributed by atoms with Gasteiger partial charge in [0, 0.05) is 24.9 Å². The van der Waals surface area contributed by atoms with Crippen LogP contribution >= 0.6 is 0 Å². The second-order valence-corrected chi connectivity index (χ2v) is 4.08. The maximum atomic E-state index is 5.13. The van der Waals surface area contributed by atoms with Gasteiger partial charge in [0.15, 0.2) is 0 Å². The van der Waals surface area contributed by atoms with E-state index in [1.165, 1.54) is 17.0 Å². The fourth-order valence-electron chi connectivity index (χ4n) is 2.09. The molecule has 1 rings (SSSR count). The highest BCUT2D eigenvalue weighted by Crippen LogP contribution is 2.16. The Balaban J connectivity index is 2.93. The molecule has 0 spiro atoms. The molecule has 4 heteroatoms. The van der Waals surface area contributed by atoms with Crippen LogP contribution in [0.15, 0.2) is 0 Å². The van der Waals surface area contributed by atoms with Crippen molar-refractivity contribution in [3.8, 4) is 0 Å². The monoisotopic (exact) mass is 239 g/mol. The molecule has 1 N–H and O–H groups in total. The summed E-state index contributed by atoms with van der Waals surface area (Å²) in [6.07, 6.45) is 2.02. The van der Waals surface area contributed by atoms with E-state index in [2.05, 4.69) is 35.9 Å². The smallest absolute Gasteiger partial charge is 0.0669 e. The average Bonchev–Trinajstić information content (AvgIpc) is 2.70. The largest absolute Gasteiger partial charge is 0.383 e. The van der Waals surface area contributed by atoms with Crippen molar-refractivity contribution in [1.29, 1.82) is 0 Å². The highest BCUT2D eigenvalue weighted by molar-refractivity contribution is 5.26. The molecule has 0 bridgehead atoms. The molecule has 0 fully saturated rings. The summed E-state index contributed by atoms with van der Waals surface area (Å²) in [5.74, 6) is 0. The Morgan fingerprint density at radius 2 is 2.00 bits per heavy atom. The van der Waals surface area contributed by atoms with Crippen LogP contribution in [-0.2, 0) is 30.7 Å². The van der Waals surface area contributed by atoms with Crippen LogP contribution in [0.1, 0.15) is 37.7 Å². The molecule has 0 amide bonds. The zero-order valence-electron chi connectivity index (χ0n) is 11.5. The summed E-state index contributed by atoms with van der Waals surface area (Å²) >= 11 is 0. The number of nitrogens with one attached hydrogen (secondary N) is 1. The molecule has 17 heavy (non-hydrogen) atoms. The highest BCUT2D eigenvalue weighted by Gasteiger charge is 2.14. The minimum absolute atomic E-state index is 0.721. The van der Waals surface area contributed by atoms with Gasteiger partial charge in [-0.2, -0.15) is 5.10 Å². The summed E-state index contributed by atoms with van der Waals surface area (Å²) in [5.41, 5.74) is 3.95. The van der Waals surface area contributed by atoms with Crippen LogP contribution in [0.25, 0.3) is 0 Å². The number of nitrogens with zero attached hydrogens (tertiary/aromatic N) is 2. The summed E-state index contributed by atoms with van der Waals surface area (Å²) in [7, 11) is 1.73. The summed E-state index contributed by atoms with van der Waals surface area (Å²) < 4.78 is 7.24. The van der Waals surface area contributed by atoms with Gasteiger partial charge >= 0.3 is 0 Å². The van der Waals surface area contributed by atoms with Crippen LogP contribution in [-0.4, -0.2) is 30.0 Å². The van der Waals surface area contributed by atoms with E-state index in [-0.39, 0.29) is 0 Å². The van der Waals surface area contributed by atoms with E-state index in [0.717, 1.165) is 39.1 Å². The lowest BCUT2D eigenvalue weighted by molar-refractivity contribution is 0.182. The maximum absolute atomic E-state index is 5.13. The molecule has 0 saturated heterocycles. The molecule has 0 aliphatic heterocycles. The van der Waals surface area contributed by atoms with E-state index in [1.807, 2.05) is 0 Å². The van der Waals surface area contributed by atoms with E-state index in [0.29, 0.717) is 0 Å².